The fourth-order valence-electron chi connectivity index (χ4n) is 2.79. The lowest BCUT2D eigenvalue weighted by molar-refractivity contribution is -0.127. The molecule has 0 bridgehead atoms. The molecule has 1 atom stereocenters. The molecule has 1 fully saturated rings. The Hall–Kier alpha value is -1.55. The van der Waals surface area contributed by atoms with Gasteiger partial charge in [-0.2, -0.15) is 0 Å². The molecule has 0 radical (unpaired) electrons. The van der Waals surface area contributed by atoms with E-state index in [2.05, 4.69) is 10.6 Å². The molecule has 4 heteroatoms. The molecule has 0 saturated carbocycles. The number of amides is 1. The Labute approximate surface area is 127 Å². The van der Waals surface area contributed by atoms with Crippen LogP contribution in [0.15, 0.2) is 24.3 Å². The van der Waals surface area contributed by atoms with E-state index < -0.39 is 5.41 Å². The van der Waals surface area contributed by atoms with Gasteiger partial charge in [0.25, 0.3) is 0 Å². The van der Waals surface area contributed by atoms with Gasteiger partial charge in [-0.25, -0.2) is 0 Å². The highest BCUT2D eigenvalue weighted by molar-refractivity contribution is 5.96. The van der Waals surface area contributed by atoms with E-state index in [1.54, 1.807) is 0 Å². The monoisotopic (exact) mass is 290 g/mol. The van der Waals surface area contributed by atoms with Crippen LogP contribution in [0.2, 0.25) is 0 Å². The summed E-state index contributed by atoms with van der Waals surface area (Å²) in [6, 6.07) is 7.59. The van der Waals surface area contributed by atoms with E-state index in [9.17, 15) is 4.79 Å². The van der Waals surface area contributed by atoms with Crippen molar-refractivity contribution >= 4 is 11.6 Å². The normalized spacial score (nSPS) is 19.1. The molecular weight excluding hydrogens is 264 g/mol. The Morgan fingerprint density at radius 3 is 2.86 bits per heavy atom. The van der Waals surface area contributed by atoms with E-state index in [4.69, 9.17) is 4.74 Å². The van der Waals surface area contributed by atoms with Gasteiger partial charge < -0.3 is 15.4 Å². The third kappa shape index (κ3) is 3.76. The van der Waals surface area contributed by atoms with Crippen LogP contribution in [0.5, 0.6) is 5.75 Å². The molecule has 4 nitrogen and oxygen atoms in total. The van der Waals surface area contributed by atoms with E-state index in [0.717, 1.165) is 37.4 Å². The third-order valence-corrected chi connectivity index (χ3v) is 4.34. The van der Waals surface area contributed by atoms with Crippen LogP contribution in [0, 0.1) is 11.3 Å². The molecule has 2 N–H and O–H groups in total. The quantitative estimate of drug-likeness (QED) is 0.876. The molecule has 1 amide bonds. The number of carbonyl (C=O) groups is 1. The number of hydrogen-bond acceptors (Lipinski definition) is 3. The number of hydrogen-bond donors (Lipinski definition) is 2. The molecule has 1 aromatic carbocycles. The molecule has 1 unspecified atom stereocenters. The zero-order chi connectivity index (χ0) is 15.3. The summed E-state index contributed by atoms with van der Waals surface area (Å²) in [4.78, 5) is 12.7. The fraction of sp³-hybridized carbons (Fsp3) is 0.588. The van der Waals surface area contributed by atoms with Gasteiger partial charge in [0.15, 0.2) is 0 Å². The third-order valence-electron chi connectivity index (χ3n) is 4.34. The zero-order valence-corrected chi connectivity index (χ0v) is 13.2. The van der Waals surface area contributed by atoms with Crippen LogP contribution in [-0.4, -0.2) is 25.6 Å². The highest BCUT2D eigenvalue weighted by Crippen LogP contribution is 2.34. The second-order valence-corrected chi connectivity index (χ2v) is 6.15. The van der Waals surface area contributed by atoms with Crippen LogP contribution >= 0.6 is 0 Å². The minimum Gasteiger partial charge on any atom is -0.492 e. The molecule has 1 aliphatic rings. The second-order valence-electron chi connectivity index (χ2n) is 6.15. The summed E-state index contributed by atoms with van der Waals surface area (Å²) in [6.45, 7) is 8.56. The number of benzene rings is 1. The molecule has 21 heavy (non-hydrogen) atoms. The fourth-order valence-corrected chi connectivity index (χ4v) is 2.79. The van der Waals surface area contributed by atoms with Crippen molar-refractivity contribution in [1.82, 2.24) is 5.32 Å². The lowest BCUT2D eigenvalue weighted by Gasteiger charge is -2.36. The SMILES string of the molecule is CCOc1ccccc1NC(=O)C(C)(C)C1CCCNC1. The molecule has 1 aromatic rings. The summed E-state index contributed by atoms with van der Waals surface area (Å²) in [6.07, 6.45) is 2.23. The summed E-state index contributed by atoms with van der Waals surface area (Å²) < 4.78 is 5.57. The van der Waals surface area contributed by atoms with E-state index in [-0.39, 0.29) is 5.91 Å². The van der Waals surface area contributed by atoms with Crippen molar-refractivity contribution in [3.8, 4) is 5.75 Å². The van der Waals surface area contributed by atoms with Crippen LogP contribution in [0.1, 0.15) is 33.6 Å². The summed E-state index contributed by atoms with van der Waals surface area (Å²) in [7, 11) is 0. The van der Waals surface area contributed by atoms with E-state index in [1.807, 2.05) is 45.0 Å². The Bertz CT molecular complexity index is 479. The van der Waals surface area contributed by atoms with E-state index in [0.29, 0.717) is 12.5 Å². The first kappa shape index (κ1) is 15.8. The van der Waals surface area contributed by atoms with Crippen molar-refractivity contribution in [2.75, 3.05) is 25.0 Å². The van der Waals surface area contributed by atoms with Gasteiger partial charge in [0.05, 0.1) is 12.3 Å². The number of carbonyl (C=O) groups excluding carboxylic acids is 1. The average Bonchev–Trinajstić information content (AvgIpc) is 2.50. The van der Waals surface area contributed by atoms with Crippen molar-refractivity contribution in [3.63, 3.8) is 0 Å². The van der Waals surface area contributed by atoms with Gasteiger partial charge in [0, 0.05) is 5.41 Å². The van der Waals surface area contributed by atoms with Crippen molar-refractivity contribution in [2.24, 2.45) is 11.3 Å². The topological polar surface area (TPSA) is 50.4 Å². The Morgan fingerprint density at radius 2 is 2.19 bits per heavy atom. The number of rotatable bonds is 5. The minimum absolute atomic E-state index is 0.0587. The molecule has 116 valence electrons. The first-order chi connectivity index (χ1) is 10.1. The lowest BCUT2D eigenvalue weighted by Crippen LogP contribution is -2.44. The average molecular weight is 290 g/mol. The number of para-hydroxylation sites is 2. The van der Waals surface area contributed by atoms with Gasteiger partial charge in [0.2, 0.25) is 5.91 Å². The maximum atomic E-state index is 12.7. The van der Waals surface area contributed by atoms with Gasteiger partial charge >= 0.3 is 0 Å². The zero-order valence-electron chi connectivity index (χ0n) is 13.2. The van der Waals surface area contributed by atoms with Crippen molar-refractivity contribution in [1.29, 1.82) is 0 Å². The Balaban J connectivity index is 2.09. The lowest BCUT2D eigenvalue weighted by atomic mass is 9.74. The molecule has 0 aromatic heterocycles. The molecule has 0 aliphatic carbocycles. The van der Waals surface area contributed by atoms with Crippen LogP contribution in [0.25, 0.3) is 0 Å². The number of anilines is 1. The van der Waals surface area contributed by atoms with Crippen molar-refractivity contribution in [2.45, 2.75) is 33.6 Å². The second kappa shape index (κ2) is 6.94. The molecule has 1 saturated heterocycles. The summed E-state index contributed by atoms with van der Waals surface area (Å²) in [5.41, 5.74) is 0.355. The number of ether oxygens (including phenoxy) is 1. The van der Waals surface area contributed by atoms with Gasteiger partial charge in [-0.3, -0.25) is 4.79 Å². The first-order valence-electron chi connectivity index (χ1n) is 7.79. The van der Waals surface area contributed by atoms with Crippen molar-refractivity contribution < 1.29 is 9.53 Å². The molecule has 1 heterocycles. The largest absolute Gasteiger partial charge is 0.492 e. The van der Waals surface area contributed by atoms with Crippen molar-refractivity contribution in [3.05, 3.63) is 24.3 Å². The highest BCUT2D eigenvalue weighted by Gasteiger charge is 2.37. The van der Waals surface area contributed by atoms with E-state index in [1.165, 1.54) is 0 Å². The number of nitrogens with one attached hydrogen (secondary N) is 2. The Kier molecular flexibility index (Phi) is 5.23. The molecule has 2 rings (SSSR count). The summed E-state index contributed by atoms with van der Waals surface area (Å²) >= 11 is 0. The van der Waals surface area contributed by atoms with Gasteiger partial charge in [-0.1, -0.05) is 26.0 Å². The molecule has 0 spiro atoms. The first-order valence-corrected chi connectivity index (χ1v) is 7.79. The van der Waals surface area contributed by atoms with Gasteiger partial charge in [-0.15, -0.1) is 0 Å². The predicted molar refractivity (Wildman–Crippen MR) is 85.6 cm³/mol. The predicted octanol–water partition coefficient (Wildman–Crippen LogP) is 3.05. The van der Waals surface area contributed by atoms with E-state index >= 15 is 0 Å². The maximum Gasteiger partial charge on any atom is 0.230 e. The molecule has 1 aliphatic heterocycles. The highest BCUT2D eigenvalue weighted by atomic mass is 16.5. The summed E-state index contributed by atoms with van der Waals surface area (Å²) in [5, 5.41) is 6.43. The minimum atomic E-state index is -0.396. The van der Waals surface area contributed by atoms with Crippen LogP contribution < -0.4 is 15.4 Å². The van der Waals surface area contributed by atoms with Gasteiger partial charge in [0.1, 0.15) is 5.75 Å². The Morgan fingerprint density at radius 1 is 1.43 bits per heavy atom. The van der Waals surface area contributed by atoms with Crippen LogP contribution in [0.4, 0.5) is 5.69 Å². The maximum absolute atomic E-state index is 12.7. The van der Waals surface area contributed by atoms with Crippen LogP contribution in [-0.2, 0) is 4.79 Å². The smallest absolute Gasteiger partial charge is 0.230 e. The summed E-state index contributed by atoms with van der Waals surface area (Å²) in [5.74, 6) is 1.15. The standard InChI is InChI=1S/C17H26N2O2/c1-4-21-15-10-6-5-9-14(15)19-16(20)17(2,3)13-8-7-11-18-12-13/h5-6,9-10,13,18H,4,7-8,11-12H2,1-3H3,(H,19,20). The molecular formula is C17H26N2O2. The van der Waals surface area contributed by atoms with Gasteiger partial charge in [-0.05, 0) is 50.9 Å². The van der Waals surface area contributed by atoms with Crippen LogP contribution in [0.3, 0.4) is 0 Å². The number of piperidine rings is 1.